The fraction of sp³-hybridized carbons (Fsp3) is 0.385. The van der Waals surface area contributed by atoms with Gasteiger partial charge in [-0.3, -0.25) is 4.79 Å². The number of amides is 1. The van der Waals surface area contributed by atoms with E-state index >= 15 is 0 Å². The van der Waals surface area contributed by atoms with E-state index in [0.29, 0.717) is 18.5 Å². The van der Waals surface area contributed by atoms with Crippen LogP contribution in [0.5, 0.6) is 0 Å². The molecule has 1 heterocycles. The summed E-state index contributed by atoms with van der Waals surface area (Å²) in [4.78, 5) is 23.1. The minimum atomic E-state index is -3.38. The molecule has 1 amide bonds. The van der Waals surface area contributed by atoms with Gasteiger partial charge in [-0.25, -0.2) is 13.2 Å². The van der Waals surface area contributed by atoms with Crippen LogP contribution in [0.1, 0.15) is 18.0 Å². The van der Waals surface area contributed by atoms with Crippen molar-refractivity contribution in [2.24, 2.45) is 0 Å². The highest BCUT2D eigenvalue weighted by atomic mass is 32.2. The third-order valence-corrected chi connectivity index (χ3v) is 5.11. The van der Waals surface area contributed by atoms with E-state index in [0.717, 1.165) is 4.31 Å². The van der Waals surface area contributed by atoms with Crippen molar-refractivity contribution in [2.45, 2.75) is 12.5 Å². The van der Waals surface area contributed by atoms with E-state index < -0.39 is 27.9 Å². The second-order valence-corrected chi connectivity index (χ2v) is 6.84. The number of aliphatic carboxylic acids is 1. The molecule has 1 aromatic rings. The number of hydrogen-bond donors (Lipinski definition) is 2. The lowest BCUT2D eigenvalue weighted by Crippen LogP contribution is -2.41. The summed E-state index contributed by atoms with van der Waals surface area (Å²) in [6.07, 6.45) is 0.483. The maximum atomic E-state index is 11.9. The largest absolute Gasteiger partial charge is 0.479 e. The molecule has 0 radical (unpaired) electrons. The first-order chi connectivity index (χ1) is 9.90. The molecular weight excluding hydrogens is 296 g/mol. The zero-order valence-corrected chi connectivity index (χ0v) is 12.0. The molecule has 1 aliphatic heterocycles. The molecule has 2 N–H and O–H groups in total. The Morgan fingerprint density at radius 1 is 1.29 bits per heavy atom. The van der Waals surface area contributed by atoms with Crippen LogP contribution in [-0.4, -0.2) is 48.5 Å². The summed E-state index contributed by atoms with van der Waals surface area (Å²) in [5.41, 5.74) is 0.433. The number of carboxylic acids is 1. The van der Waals surface area contributed by atoms with Crippen LogP contribution >= 0.6 is 0 Å². The minimum absolute atomic E-state index is 0.0291. The number of hydrogen-bond acceptors (Lipinski definition) is 4. The maximum Gasteiger partial charge on any atom is 0.330 e. The Kier molecular flexibility index (Phi) is 4.59. The Balaban J connectivity index is 2.04. The Labute approximate surface area is 122 Å². The standard InChI is InChI=1S/C13H16N2O5S/c16-11(9-15-7-4-8-21(15,19)20)14-12(13(17)18)10-5-2-1-3-6-10/h1-3,5-6,12H,4,7-9H2,(H,14,16)(H,17,18)/t12-/m1/s1. The second-order valence-electron chi connectivity index (χ2n) is 4.75. The topological polar surface area (TPSA) is 104 Å². The SMILES string of the molecule is O=C(CN1CCCS1(=O)=O)N[C@@H](C(=O)O)c1ccccc1. The van der Waals surface area contributed by atoms with Gasteiger partial charge in [-0.15, -0.1) is 0 Å². The molecule has 1 saturated heterocycles. The molecule has 0 spiro atoms. The van der Waals surface area contributed by atoms with E-state index in [1.165, 1.54) is 0 Å². The van der Waals surface area contributed by atoms with Crippen molar-refractivity contribution >= 4 is 21.9 Å². The molecule has 0 unspecified atom stereocenters. The number of rotatable bonds is 5. The van der Waals surface area contributed by atoms with Gasteiger partial charge in [0.2, 0.25) is 15.9 Å². The van der Waals surface area contributed by atoms with Gasteiger partial charge in [-0.05, 0) is 12.0 Å². The molecular formula is C13H16N2O5S. The lowest BCUT2D eigenvalue weighted by molar-refractivity contribution is -0.142. The van der Waals surface area contributed by atoms with E-state index in [1.807, 2.05) is 0 Å². The zero-order chi connectivity index (χ0) is 15.5. The van der Waals surface area contributed by atoms with E-state index in [-0.39, 0.29) is 12.3 Å². The van der Waals surface area contributed by atoms with Crippen LogP contribution in [0.25, 0.3) is 0 Å². The third-order valence-electron chi connectivity index (χ3n) is 3.21. The summed E-state index contributed by atoms with van der Waals surface area (Å²) in [6.45, 7) is -0.0578. The van der Waals surface area contributed by atoms with Crippen molar-refractivity contribution in [1.82, 2.24) is 9.62 Å². The van der Waals surface area contributed by atoms with Gasteiger partial charge >= 0.3 is 5.97 Å². The number of carbonyl (C=O) groups is 2. The number of nitrogens with zero attached hydrogens (tertiary/aromatic N) is 1. The normalized spacial score (nSPS) is 19.0. The van der Waals surface area contributed by atoms with Crippen molar-refractivity contribution in [3.63, 3.8) is 0 Å². The van der Waals surface area contributed by atoms with Gasteiger partial charge in [0.1, 0.15) is 0 Å². The summed E-state index contributed by atoms with van der Waals surface area (Å²) < 4.78 is 24.3. The van der Waals surface area contributed by atoms with Gasteiger partial charge in [-0.2, -0.15) is 4.31 Å². The number of nitrogens with one attached hydrogen (secondary N) is 1. The fourth-order valence-corrected chi connectivity index (χ4v) is 3.64. The molecule has 114 valence electrons. The van der Waals surface area contributed by atoms with E-state index in [9.17, 15) is 23.1 Å². The lowest BCUT2D eigenvalue weighted by Gasteiger charge is -2.18. The molecule has 7 nitrogen and oxygen atoms in total. The van der Waals surface area contributed by atoms with Gasteiger partial charge in [0.25, 0.3) is 0 Å². The van der Waals surface area contributed by atoms with Gasteiger partial charge in [0.15, 0.2) is 6.04 Å². The molecule has 1 fully saturated rings. The van der Waals surface area contributed by atoms with Crippen LogP contribution in [0.3, 0.4) is 0 Å². The molecule has 0 saturated carbocycles. The molecule has 0 aliphatic carbocycles. The first kappa shape index (κ1) is 15.5. The van der Waals surface area contributed by atoms with E-state index in [2.05, 4.69) is 5.32 Å². The predicted molar refractivity (Wildman–Crippen MR) is 74.9 cm³/mol. The highest BCUT2D eigenvalue weighted by Crippen LogP contribution is 2.15. The fourth-order valence-electron chi connectivity index (χ4n) is 2.17. The Bertz CT molecular complexity index is 629. The van der Waals surface area contributed by atoms with E-state index in [4.69, 9.17) is 0 Å². The monoisotopic (exact) mass is 312 g/mol. The minimum Gasteiger partial charge on any atom is -0.479 e. The lowest BCUT2D eigenvalue weighted by atomic mass is 10.1. The van der Waals surface area contributed by atoms with Crippen LogP contribution in [-0.2, 0) is 19.6 Å². The quantitative estimate of drug-likeness (QED) is 0.794. The van der Waals surface area contributed by atoms with Crippen molar-refractivity contribution in [3.05, 3.63) is 35.9 Å². The van der Waals surface area contributed by atoms with Crippen molar-refractivity contribution in [1.29, 1.82) is 0 Å². The van der Waals surface area contributed by atoms with Crippen LogP contribution in [0.15, 0.2) is 30.3 Å². The van der Waals surface area contributed by atoms with Gasteiger partial charge < -0.3 is 10.4 Å². The van der Waals surface area contributed by atoms with Gasteiger partial charge in [0, 0.05) is 6.54 Å². The number of carbonyl (C=O) groups excluding carboxylic acids is 1. The van der Waals surface area contributed by atoms with Crippen LogP contribution in [0.2, 0.25) is 0 Å². The number of sulfonamides is 1. The zero-order valence-electron chi connectivity index (χ0n) is 11.2. The molecule has 2 rings (SSSR count). The van der Waals surface area contributed by atoms with Crippen molar-refractivity contribution in [3.8, 4) is 0 Å². The number of carboxylic acid groups (broad SMARTS) is 1. The van der Waals surface area contributed by atoms with Crippen molar-refractivity contribution < 1.29 is 23.1 Å². The average Bonchev–Trinajstić information content (AvgIpc) is 2.76. The number of benzene rings is 1. The van der Waals surface area contributed by atoms with Gasteiger partial charge in [-0.1, -0.05) is 30.3 Å². The van der Waals surface area contributed by atoms with Crippen LogP contribution in [0.4, 0.5) is 0 Å². The third kappa shape index (κ3) is 3.79. The molecule has 0 aromatic heterocycles. The smallest absolute Gasteiger partial charge is 0.330 e. The molecule has 1 atom stereocenters. The summed E-state index contributed by atoms with van der Waals surface area (Å²) in [6, 6.07) is 7.06. The molecule has 8 heteroatoms. The highest BCUT2D eigenvalue weighted by Gasteiger charge is 2.31. The average molecular weight is 312 g/mol. The van der Waals surface area contributed by atoms with E-state index in [1.54, 1.807) is 30.3 Å². The van der Waals surface area contributed by atoms with Crippen molar-refractivity contribution in [2.75, 3.05) is 18.8 Å². The first-order valence-corrected chi connectivity index (χ1v) is 8.06. The Morgan fingerprint density at radius 3 is 2.48 bits per heavy atom. The summed E-state index contributed by atoms with van der Waals surface area (Å²) >= 11 is 0. The summed E-state index contributed by atoms with van der Waals surface area (Å²) in [5, 5.41) is 11.5. The molecule has 1 aromatic carbocycles. The predicted octanol–water partition coefficient (Wildman–Crippen LogP) is -0.0360. The maximum absolute atomic E-state index is 11.9. The Morgan fingerprint density at radius 2 is 1.95 bits per heavy atom. The highest BCUT2D eigenvalue weighted by molar-refractivity contribution is 7.89. The summed E-state index contributed by atoms with van der Waals surface area (Å²) in [5.74, 6) is -1.79. The second kappa shape index (κ2) is 6.23. The first-order valence-electron chi connectivity index (χ1n) is 6.45. The van der Waals surface area contributed by atoms with Crippen LogP contribution < -0.4 is 5.32 Å². The molecule has 1 aliphatic rings. The molecule has 0 bridgehead atoms. The van der Waals surface area contributed by atoms with Crippen LogP contribution in [0, 0.1) is 0 Å². The molecule has 21 heavy (non-hydrogen) atoms. The Hall–Kier alpha value is -1.93. The van der Waals surface area contributed by atoms with Gasteiger partial charge in [0.05, 0.1) is 12.3 Å². The summed E-state index contributed by atoms with van der Waals surface area (Å²) in [7, 11) is -3.38.